The maximum absolute atomic E-state index is 13.0. The summed E-state index contributed by atoms with van der Waals surface area (Å²) in [5, 5.41) is 7.04. The number of anilines is 1. The molecule has 10 heteroatoms. The molecule has 7 nitrogen and oxygen atoms in total. The fourth-order valence-electron chi connectivity index (χ4n) is 3.06. The van der Waals surface area contributed by atoms with E-state index in [4.69, 9.17) is 17.3 Å². The molecule has 0 saturated heterocycles. The molecule has 4 aromatic rings. The Kier molecular flexibility index (Phi) is 5.94. The molecule has 0 unspecified atom stereocenters. The van der Waals surface area contributed by atoms with Gasteiger partial charge in [0.05, 0.1) is 11.3 Å². The minimum absolute atomic E-state index is 0.0883. The van der Waals surface area contributed by atoms with Gasteiger partial charge in [-0.2, -0.15) is 0 Å². The first kappa shape index (κ1) is 20.6. The molecule has 4 rings (SSSR count). The Morgan fingerprint density at radius 2 is 2.03 bits per heavy atom. The van der Waals surface area contributed by atoms with E-state index < -0.39 is 0 Å². The van der Waals surface area contributed by atoms with Crippen molar-refractivity contribution >= 4 is 56.6 Å². The molecular weight excluding hydrogens is 442 g/mol. The maximum Gasteiger partial charge on any atom is 0.272 e. The van der Waals surface area contributed by atoms with Crippen molar-refractivity contribution in [2.24, 2.45) is 0 Å². The van der Waals surface area contributed by atoms with Crippen LogP contribution in [0.5, 0.6) is 0 Å². The normalized spacial score (nSPS) is 11.3. The molecule has 0 amide bonds. The number of carbonyl (C=O) groups is 1. The van der Waals surface area contributed by atoms with Gasteiger partial charge in [-0.1, -0.05) is 35.5 Å². The van der Waals surface area contributed by atoms with Gasteiger partial charge in [0.2, 0.25) is 0 Å². The SMILES string of the molecule is Cc1cc(N)nn1C(=O)CSc1nc2ccsc2c(=O)n1CCc1ccc(Cl)cc1. The number of hydrogen-bond acceptors (Lipinski definition) is 7. The highest BCUT2D eigenvalue weighted by atomic mass is 35.5. The van der Waals surface area contributed by atoms with Crippen molar-refractivity contribution < 1.29 is 4.79 Å². The van der Waals surface area contributed by atoms with Crippen molar-refractivity contribution in [3.63, 3.8) is 0 Å². The molecule has 0 spiro atoms. The van der Waals surface area contributed by atoms with E-state index in [0.29, 0.717) is 44.9 Å². The zero-order valence-electron chi connectivity index (χ0n) is 16.0. The first-order valence-electron chi connectivity index (χ1n) is 9.13. The molecule has 1 aromatic carbocycles. The van der Waals surface area contributed by atoms with Crippen LogP contribution in [0.4, 0.5) is 5.82 Å². The Labute approximate surface area is 185 Å². The zero-order chi connectivity index (χ0) is 21.3. The Morgan fingerprint density at radius 3 is 2.73 bits per heavy atom. The van der Waals surface area contributed by atoms with Gasteiger partial charge in [0.25, 0.3) is 11.5 Å². The van der Waals surface area contributed by atoms with Gasteiger partial charge < -0.3 is 5.73 Å². The number of benzene rings is 1. The smallest absolute Gasteiger partial charge is 0.272 e. The third kappa shape index (κ3) is 4.28. The summed E-state index contributed by atoms with van der Waals surface area (Å²) < 4.78 is 3.52. The van der Waals surface area contributed by atoms with Crippen LogP contribution in [0.3, 0.4) is 0 Å². The second kappa shape index (κ2) is 8.63. The van der Waals surface area contributed by atoms with Crippen LogP contribution in [0, 0.1) is 6.92 Å². The monoisotopic (exact) mass is 459 g/mol. The lowest BCUT2D eigenvalue weighted by Crippen LogP contribution is -2.24. The van der Waals surface area contributed by atoms with Crippen LogP contribution < -0.4 is 11.3 Å². The van der Waals surface area contributed by atoms with Crippen LogP contribution in [0.15, 0.2) is 51.7 Å². The van der Waals surface area contributed by atoms with E-state index in [1.807, 2.05) is 35.7 Å². The molecule has 0 aliphatic rings. The Hall–Kier alpha value is -2.62. The Morgan fingerprint density at radius 1 is 1.27 bits per heavy atom. The number of aryl methyl sites for hydroxylation is 2. The van der Waals surface area contributed by atoms with Crippen molar-refractivity contribution in [2.75, 3.05) is 11.5 Å². The van der Waals surface area contributed by atoms with Gasteiger partial charge in [-0.25, -0.2) is 9.67 Å². The van der Waals surface area contributed by atoms with Crippen LogP contribution >= 0.6 is 34.7 Å². The fraction of sp³-hybridized carbons (Fsp3) is 0.200. The van der Waals surface area contributed by atoms with Gasteiger partial charge in [-0.05, 0) is 42.5 Å². The molecule has 3 heterocycles. The van der Waals surface area contributed by atoms with E-state index in [-0.39, 0.29) is 17.2 Å². The van der Waals surface area contributed by atoms with Gasteiger partial charge >= 0.3 is 0 Å². The van der Waals surface area contributed by atoms with E-state index in [2.05, 4.69) is 10.1 Å². The summed E-state index contributed by atoms with van der Waals surface area (Å²) in [5.41, 5.74) is 7.94. The highest BCUT2D eigenvalue weighted by Gasteiger charge is 2.16. The summed E-state index contributed by atoms with van der Waals surface area (Å²) in [7, 11) is 0. The number of thioether (sulfide) groups is 1. The second-order valence-electron chi connectivity index (χ2n) is 6.67. The third-order valence-electron chi connectivity index (χ3n) is 4.54. The van der Waals surface area contributed by atoms with E-state index in [1.54, 1.807) is 17.6 Å². The minimum atomic E-state index is -0.224. The van der Waals surface area contributed by atoms with Gasteiger partial charge in [-0.3, -0.25) is 14.2 Å². The van der Waals surface area contributed by atoms with Gasteiger partial charge in [0.1, 0.15) is 10.5 Å². The minimum Gasteiger partial charge on any atom is -0.382 e. The summed E-state index contributed by atoms with van der Waals surface area (Å²) in [6, 6.07) is 11.0. The van der Waals surface area contributed by atoms with Crippen LogP contribution in [0.25, 0.3) is 10.2 Å². The zero-order valence-corrected chi connectivity index (χ0v) is 18.4. The molecule has 0 aliphatic carbocycles. The van der Waals surface area contributed by atoms with Crippen LogP contribution in [-0.2, 0) is 13.0 Å². The largest absolute Gasteiger partial charge is 0.382 e. The highest BCUT2D eigenvalue weighted by Crippen LogP contribution is 2.22. The standard InChI is InChI=1S/C20H18ClN5O2S2/c1-12-10-16(22)24-26(12)17(27)11-30-20-23-15-7-9-29-18(15)19(28)25(20)8-6-13-2-4-14(21)5-3-13/h2-5,7,9-10H,6,8,11H2,1H3,(H2,22,24). The number of rotatable bonds is 6. The number of nitrogens with zero attached hydrogens (tertiary/aromatic N) is 4. The number of carbonyl (C=O) groups excluding carboxylic acids is 1. The number of fused-ring (bicyclic) bond motifs is 1. The summed E-state index contributed by atoms with van der Waals surface area (Å²) in [6.45, 7) is 2.22. The summed E-state index contributed by atoms with van der Waals surface area (Å²) in [6.07, 6.45) is 0.645. The predicted octanol–water partition coefficient (Wildman–Crippen LogP) is 3.87. The molecule has 154 valence electrons. The van der Waals surface area contributed by atoms with Gasteiger partial charge in [0, 0.05) is 23.3 Å². The van der Waals surface area contributed by atoms with E-state index in [0.717, 1.165) is 5.56 Å². The lowest BCUT2D eigenvalue weighted by atomic mass is 10.1. The number of aromatic nitrogens is 4. The molecule has 2 N–H and O–H groups in total. The fourth-order valence-corrected chi connectivity index (χ4v) is 4.83. The van der Waals surface area contributed by atoms with Crippen LogP contribution in [0.1, 0.15) is 16.1 Å². The average Bonchev–Trinajstić information content (AvgIpc) is 3.32. The molecule has 3 aromatic heterocycles. The molecule has 0 saturated carbocycles. The third-order valence-corrected chi connectivity index (χ3v) is 6.64. The molecule has 30 heavy (non-hydrogen) atoms. The highest BCUT2D eigenvalue weighted by molar-refractivity contribution is 7.99. The van der Waals surface area contributed by atoms with E-state index >= 15 is 0 Å². The number of nitrogens with two attached hydrogens (primary N) is 1. The topological polar surface area (TPSA) is 95.8 Å². The van der Waals surface area contributed by atoms with E-state index in [9.17, 15) is 9.59 Å². The lowest BCUT2D eigenvalue weighted by molar-refractivity contribution is 0.0924. The molecule has 0 radical (unpaired) electrons. The molecule has 0 fully saturated rings. The van der Waals surface area contributed by atoms with Crippen LogP contribution in [-0.4, -0.2) is 31.0 Å². The molecule has 0 bridgehead atoms. The van der Waals surface area contributed by atoms with Crippen molar-refractivity contribution in [1.82, 2.24) is 19.3 Å². The molecule has 0 aliphatic heterocycles. The first-order valence-corrected chi connectivity index (χ1v) is 11.4. The van der Waals surface area contributed by atoms with Crippen molar-refractivity contribution in [1.29, 1.82) is 0 Å². The summed E-state index contributed by atoms with van der Waals surface area (Å²) >= 11 is 8.54. The summed E-state index contributed by atoms with van der Waals surface area (Å²) in [4.78, 5) is 30.2. The number of nitrogen functional groups attached to an aromatic ring is 1. The van der Waals surface area contributed by atoms with Crippen molar-refractivity contribution in [3.8, 4) is 0 Å². The van der Waals surface area contributed by atoms with Crippen LogP contribution in [0.2, 0.25) is 5.02 Å². The quantitative estimate of drug-likeness (QED) is 0.347. The molecular formula is C20H18ClN5O2S2. The average molecular weight is 460 g/mol. The predicted molar refractivity (Wildman–Crippen MR) is 122 cm³/mol. The van der Waals surface area contributed by atoms with Gasteiger partial charge in [-0.15, -0.1) is 16.4 Å². The lowest BCUT2D eigenvalue weighted by Gasteiger charge is -2.12. The molecule has 0 atom stereocenters. The number of halogens is 1. The first-order chi connectivity index (χ1) is 14.4. The maximum atomic E-state index is 13.0. The Balaban J connectivity index is 1.60. The second-order valence-corrected chi connectivity index (χ2v) is 8.96. The summed E-state index contributed by atoms with van der Waals surface area (Å²) in [5.74, 6) is 0.159. The van der Waals surface area contributed by atoms with E-state index in [1.165, 1.54) is 27.8 Å². The van der Waals surface area contributed by atoms with Crippen molar-refractivity contribution in [2.45, 2.75) is 25.0 Å². The number of hydrogen-bond donors (Lipinski definition) is 1. The Bertz CT molecular complexity index is 1280. The van der Waals surface area contributed by atoms with Crippen molar-refractivity contribution in [3.05, 3.63) is 68.4 Å². The van der Waals surface area contributed by atoms with Gasteiger partial charge in [0.15, 0.2) is 5.16 Å². The number of thiophene rings is 1.